The molecule has 0 atom stereocenters. The van der Waals surface area contributed by atoms with E-state index in [-0.39, 0.29) is 16.9 Å². The number of alkyl halides is 3. The monoisotopic (exact) mass is 383 g/mol. The van der Waals surface area contributed by atoms with Crippen molar-refractivity contribution in [3.63, 3.8) is 0 Å². The molecule has 0 aliphatic carbocycles. The minimum atomic E-state index is -4.62. The van der Waals surface area contributed by atoms with Crippen LogP contribution in [0.1, 0.15) is 34.6 Å². The van der Waals surface area contributed by atoms with E-state index in [4.69, 9.17) is 4.74 Å². The van der Waals surface area contributed by atoms with Crippen LogP contribution in [0.4, 0.5) is 18.0 Å². The fraction of sp³-hybridized carbons (Fsp3) is 0.500. The number of carbonyl (C=O) groups is 2. The lowest BCUT2D eigenvalue weighted by Crippen LogP contribution is -2.48. The van der Waals surface area contributed by atoms with Crippen LogP contribution in [-0.2, 0) is 10.9 Å². The van der Waals surface area contributed by atoms with E-state index in [1.807, 2.05) is 0 Å². The lowest BCUT2D eigenvalue weighted by atomic mass is 9.91. The molecule has 2 fully saturated rings. The Hall–Kier alpha value is -2.85. The van der Waals surface area contributed by atoms with Crippen LogP contribution in [0.25, 0.3) is 5.65 Å². The predicted octanol–water partition coefficient (Wildman–Crippen LogP) is 1.77. The number of ether oxygens (including phenoxy) is 1. The molecule has 2 aromatic heterocycles. The van der Waals surface area contributed by atoms with Crippen LogP contribution in [0, 0.1) is 6.92 Å². The molecular formula is C16H16F3N5O3. The molecule has 1 spiro atoms. The molecule has 11 heteroatoms. The fourth-order valence-electron chi connectivity index (χ4n) is 3.51. The summed E-state index contributed by atoms with van der Waals surface area (Å²) in [6.45, 7) is 2.47. The maximum atomic E-state index is 13.2. The first kappa shape index (κ1) is 17.6. The second-order valence-electron chi connectivity index (χ2n) is 6.79. The smallest absolute Gasteiger partial charge is 0.433 e. The highest BCUT2D eigenvalue weighted by molar-refractivity contribution is 5.99. The molecular weight excluding hydrogens is 367 g/mol. The summed E-state index contributed by atoms with van der Waals surface area (Å²) in [6, 6.07) is 0.889. The highest BCUT2D eigenvalue weighted by Crippen LogP contribution is 2.32. The number of halogens is 3. The summed E-state index contributed by atoms with van der Waals surface area (Å²) in [5, 5.41) is 6.34. The molecule has 144 valence electrons. The zero-order chi connectivity index (χ0) is 19.4. The molecule has 4 rings (SSSR count). The first-order valence-corrected chi connectivity index (χ1v) is 8.37. The second-order valence-corrected chi connectivity index (χ2v) is 6.79. The van der Waals surface area contributed by atoms with Crippen LogP contribution < -0.4 is 5.32 Å². The van der Waals surface area contributed by atoms with Gasteiger partial charge in [-0.1, -0.05) is 0 Å². The standard InChI is InChI=1S/C16H16F3N5O3/c1-9-6-11(16(17,18)19)24-12(22-9)10(7-21-24)13(25)23-4-2-15(3-5-23)8-20-14(26)27-15/h6-7H,2-5,8H2,1H3,(H,20,26). The van der Waals surface area contributed by atoms with Crippen molar-refractivity contribution >= 4 is 17.6 Å². The Morgan fingerprint density at radius 2 is 2.04 bits per heavy atom. The number of nitrogens with zero attached hydrogens (tertiary/aromatic N) is 4. The molecule has 2 amide bonds. The number of hydrogen-bond acceptors (Lipinski definition) is 5. The normalized spacial score (nSPS) is 19.4. The van der Waals surface area contributed by atoms with E-state index < -0.39 is 29.5 Å². The maximum absolute atomic E-state index is 13.2. The van der Waals surface area contributed by atoms with Crippen molar-refractivity contribution < 1.29 is 27.5 Å². The van der Waals surface area contributed by atoms with Crippen molar-refractivity contribution in [3.05, 3.63) is 29.2 Å². The Morgan fingerprint density at radius 3 is 2.63 bits per heavy atom. The third kappa shape index (κ3) is 2.96. The summed E-state index contributed by atoms with van der Waals surface area (Å²) in [7, 11) is 0. The third-order valence-corrected chi connectivity index (χ3v) is 4.95. The number of rotatable bonds is 1. The highest BCUT2D eigenvalue weighted by Gasteiger charge is 2.44. The topological polar surface area (TPSA) is 88.8 Å². The molecule has 0 aromatic carbocycles. The number of carbonyl (C=O) groups excluding carboxylic acids is 2. The number of hydrogen-bond donors (Lipinski definition) is 1. The molecule has 2 aliphatic rings. The van der Waals surface area contributed by atoms with E-state index in [2.05, 4.69) is 15.4 Å². The van der Waals surface area contributed by atoms with Crippen molar-refractivity contribution in [2.75, 3.05) is 19.6 Å². The van der Waals surface area contributed by atoms with Gasteiger partial charge in [0.2, 0.25) is 0 Å². The van der Waals surface area contributed by atoms with Crippen molar-refractivity contribution in [1.29, 1.82) is 0 Å². The van der Waals surface area contributed by atoms with Crippen LogP contribution in [0.3, 0.4) is 0 Å². The van der Waals surface area contributed by atoms with Gasteiger partial charge in [0.15, 0.2) is 5.65 Å². The Labute approximate surface area is 151 Å². The van der Waals surface area contributed by atoms with Crippen LogP contribution in [0.5, 0.6) is 0 Å². The molecule has 27 heavy (non-hydrogen) atoms. The number of amides is 2. The van der Waals surface area contributed by atoms with Crippen molar-refractivity contribution in [2.45, 2.75) is 31.5 Å². The lowest BCUT2D eigenvalue weighted by Gasteiger charge is -2.36. The van der Waals surface area contributed by atoms with Crippen LogP contribution in [0.2, 0.25) is 0 Å². The zero-order valence-corrected chi connectivity index (χ0v) is 14.3. The van der Waals surface area contributed by atoms with Gasteiger partial charge in [0.1, 0.15) is 16.9 Å². The van der Waals surface area contributed by atoms with Crippen molar-refractivity contribution in [2.24, 2.45) is 0 Å². The van der Waals surface area contributed by atoms with Gasteiger partial charge < -0.3 is 15.0 Å². The van der Waals surface area contributed by atoms with E-state index in [1.54, 1.807) is 0 Å². The molecule has 2 aliphatic heterocycles. The number of aromatic nitrogens is 3. The summed E-state index contributed by atoms with van der Waals surface area (Å²) in [4.78, 5) is 29.7. The minimum Gasteiger partial charge on any atom is -0.441 e. The first-order valence-electron chi connectivity index (χ1n) is 8.37. The SMILES string of the molecule is Cc1cc(C(F)(F)F)n2ncc(C(=O)N3CCC4(CC3)CNC(=O)O4)c2n1. The van der Waals surface area contributed by atoms with Crippen molar-refractivity contribution in [1.82, 2.24) is 24.8 Å². The van der Waals surface area contributed by atoms with Gasteiger partial charge in [-0.15, -0.1) is 0 Å². The van der Waals surface area contributed by atoms with E-state index in [9.17, 15) is 22.8 Å². The van der Waals surface area contributed by atoms with E-state index in [0.29, 0.717) is 37.0 Å². The van der Waals surface area contributed by atoms with Gasteiger partial charge in [-0.2, -0.15) is 18.3 Å². The summed E-state index contributed by atoms with van der Waals surface area (Å²) in [5.74, 6) is -0.441. The first-order chi connectivity index (χ1) is 12.7. The summed E-state index contributed by atoms with van der Waals surface area (Å²) in [5.41, 5.74) is -1.56. The van der Waals surface area contributed by atoms with Gasteiger partial charge >= 0.3 is 12.3 Å². The predicted molar refractivity (Wildman–Crippen MR) is 85.1 cm³/mol. The molecule has 1 N–H and O–H groups in total. The third-order valence-electron chi connectivity index (χ3n) is 4.95. The molecule has 2 aromatic rings. The summed E-state index contributed by atoms with van der Waals surface area (Å²) >= 11 is 0. The second kappa shape index (κ2) is 5.83. The van der Waals surface area contributed by atoms with Gasteiger partial charge in [-0.05, 0) is 13.0 Å². The summed E-state index contributed by atoms with van der Waals surface area (Å²) in [6.07, 6.45) is -3.07. The molecule has 8 nitrogen and oxygen atoms in total. The average Bonchev–Trinajstić information content (AvgIpc) is 3.17. The molecule has 4 heterocycles. The van der Waals surface area contributed by atoms with Gasteiger partial charge in [-0.25, -0.2) is 14.3 Å². The van der Waals surface area contributed by atoms with Gasteiger partial charge in [0.25, 0.3) is 5.91 Å². The van der Waals surface area contributed by atoms with Crippen LogP contribution in [0.15, 0.2) is 12.3 Å². The Kier molecular flexibility index (Phi) is 3.79. The molecule has 0 bridgehead atoms. The maximum Gasteiger partial charge on any atom is 0.433 e. The quantitative estimate of drug-likeness (QED) is 0.811. The van der Waals surface area contributed by atoms with Gasteiger partial charge in [0.05, 0.1) is 12.7 Å². The Balaban J connectivity index is 1.61. The minimum absolute atomic E-state index is 0.0155. The van der Waals surface area contributed by atoms with E-state index >= 15 is 0 Å². The number of piperidine rings is 1. The van der Waals surface area contributed by atoms with E-state index in [1.165, 1.54) is 11.8 Å². The van der Waals surface area contributed by atoms with Gasteiger partial charge in [0, 0.05) is 31.6 Å². The Morgan fingerprint density at radius 1 is 1.33 bits per heavy atom. The van der Waals surface area contributed by atoms with Crippen LogP contribution in [-0.4, -0.2) is 56.7 Å². The fourth-order valence-corrected chi connectivity index (χ4v) is 3.51. The van der Waals surface area contributed by atoms with Crippen molar-refractivity contribution in [3.8, 4) is 0 Å². The molecule has 2 saturated heterocycles. The average molecular weight is 383 g/mol. The summed E-state index contributed by atoms with van der Waals surface area (Å²) < 4.78 is 45.7. The number of likely N-dealkylation sites (tertiary alicyclic amines) is 1. The molecule has 0 radical (unpaired) electrons. The van der Waals surface area contributed by atoms with Gasteiger partial charge in [-0.3, -0.25) is 4.79 Å². The number of fused-ring (bicyclic) bond motifs is 1. The Bertz CT molecular complexity index is 931. The largest absolute Gasteiger partial charge is 0.441 e. The lowest BCUT2D eigenvalue weighted by molar-refractivity contribution is -0.142. The molecule has 0 saturated carbocycles. The number of nitrogens with one attached hydrogen (secondary N) is 1. The molecule has 0 unspecified atom stereocenters. The number of alkyl carbamates (subject to hydrolysis) is 1. The van der Waals surface area contributed by atoms with E-state index in [0.717, 1.165) is 12.3 Å². The number of aryl methyl sites for hydroxylation is 1. The highest BCUT2D eigenvalue weighted by atomic mass is 19.4. The van der Waals surface area contributed by atoms with Crippen LogP contribution >= 0.6 is 0 Å². The zero-order valence-electron chi connectivity index (χ0n) is 14.3.